The van der Waals surface area contributed by atoms with Gasteiger partial charge in [0.25, 0.3) is 5.91 Å². The molecule has 0 heterocycles. The van der Waals surface area contributed by atoms with Crippen LogP contribution < -0.4 is 15.2 Å². The van der Waals surface area contributed by atoms with Gasteiger partial charge in [-0.15, -0.1) is 0 Å². The van der Waals surface area contributed by atoms with Crippen molar-refractivity contribution in [3.8, 4) is 11.5 Å². The molecule has 0 bridgehead atoms. The molecule has 6 heteroatoms. The van der Waals surface area contributed by atoms with Gasteiger partial charge in [0.05, 0.1) is 11.1 Å². The molecular weight excluding hydrogens is 336 g/mol. The van der Waals surface area contributed by atoms with Crippen molar-refractivity contribution < 1.29 is 14.3 Å². The third-order valence-corrected chi connectivity index (χ3v) is 3.70. The van der Waals surface area contributed by atoms with E-state index in [-0.39, 0.29) is 18.6 Å². The van der Waals surface area contributed by atoms with E-state index in [0.29, 0.717) is 24.7 Å². The highest BCUT2D eigenvalue weighted by Gasteiger charge is 2.16. The summed E-state index contributed by atoms with van der Waals surface area (Å²) >= 11 is 3.44. The van der Waals surface area contributed by atoms with E-state index in [9.17, 15) is 4.79 Å². The smallest absolute Gasteiger partial charge is 0.260 e. The Kier molecular flexibility index (Phi) is 6.98. The zero-order valence-corrected chi connectivity index (χ0v) is 14.6. The lowest BCUT2D eigenvalue weighted by molar-refractivity contribution is -0.133. The van der Waals surface area contributed by atoms with Crippen LogP contribution in [0, 0.1) is 0 Å². The number of amides is 1. The second kappa shape index (κ2) is 8.24. The molecule has 0 radical (unpaired) electrons. The molecule has 118 valence electrons. The molecule has 0 aliphatic heterocycles. The van der Waals surface area contributed by atoms with Crippen LogP contribution in [-0.4, -0.2) is 37.1 Å². The largest absolute Gasteiger partial charge is 0.490 e. The van der Waals surface area contributed by atoms with Crippen molar-refractivity contribution in [3.63, 3.8) is 0 Å². The molecule has 0 aliphatic carbocycles. The van der Waals surface area contributed by atoms with Crippen molar-refractivity contribution in [3.05, 3.63) is 22.2 Å². The molecule has 1 aromatic carbocycles. The summed E-state index contributed by atoms with van der Waals surface area (Å²) in [5, 5.41) is 0. The second-order valence-corrected chi connectivity index (χ2v) is 5.78. The van der Waals surface area contributed by atoms with Crippen molar-refractivity contribution >= 4 is 21.8 Å². The van der Waals surface area contributed by atoms with E-state index < -0.39 is 0 Å². The summed E-state index contributed by atoms with van der Waals surface area (Å²) in [7, 11) is 1.76. The fourth-order valence-corrected chi connectivity index (χ4v) is 2.27. The minimum absolute atomic E-state index is 0.0324. The molecule has 0 aromatic heterocycles. The molecule has 0 spiro atoms. The summed E-state index contributed by atoms with van der Waals surface area (Å²) in [5.74, 6) is 1.04. The molecule has 2 N–H and O–H groups in total. The molecule has 0 saturated carbocycles. The number of carbonyl (C=O) groups is 1. The summed E-state index contributed by atoms with van der Waals surface area (Å²) in [5.41, 5.74) is 6.58. The van der Waals surface area contributed by atoms with Gasteiger partial charge in [-0.25, -0.2) is 0 Å². The van der Waals surface area contributed by atoms with E-state index in [4.69, 9.17) is 15.2 Å². The van der Waals surface area contributed by atoms with Crippen molar-refractivity contribution in [2.24, 2.45) is 5.73 Å². The van der Waals surface area contributed by atoms with Crippen molar-refractivity contribution in [1.82, 2.24) is 4.90 Å². The van der Waals surface area contributed by atoms with Crippen molar-refractivity contribution in [2.75, 3.05) is 20.3 Å². The maximum absolute atomic E-state index is 12.0. The van der Waals surface area contributed by atoms with E-state index in [2.05, 4.69) is 15.9 Å². The van der Waals surface area contributed by atoms with Gasteiger partial charge < -0.3 is 20.1 Å². The minimum Gasteiger partial charge on any atom is -0.490 e. The lowest BCUT2D eigenvalue weighted by Crippen LogP contribution is -2.36. The Hall–Kier alpha value is -1.27. The van der Waals surface area contributed by atoms with Crippen LogP contribution in [0.25, 0.3) is 0 Å². The van der Waals surface area contributed by atoms with Crippen LogP contribution in [0.1, 0.15) is 26.3 Å². The Balaban J connectivity index is 2.89. The van der Waals surface area contributed by atoms with E-state index in [1.54, 1.807) is 11.9 Å². The van der Waals surface area contributed by atoms with Crippen LogP contribution in [0.15, 0.2) is 16.6 Å². The number of nitrogens with two attached hydrogens (primary N) is 1. The van der Waals surface area contributed by atoms with Gasteiger partial charge in [0, 0.05) is 19.6 Å². The standard InChI is InChI=1S/C15H23BrN2O3/c1-5-20-13-7-11(8-17)6-12(16)15(13)21-9-14(19)18(4)10(2)3/h6-7,10H,5,8-9,17H2,1-4H3. The molecule has 1 rings (SSSR count). The Morgan fingerprint density at radius 2 is 2.05 bits per heavy atom. The molecule has 5 nitrogen and oxygen atoms in total. The van der Waals surface area contributed by atoms with Gasteiger partial charge in [0.2, 0.25) is 0 Å². The molecule has 0 aliphatic rings. The third-order valence-electron chi connectivity index (χ3n) is 3.11. The predicted molar refractivity (Wildman–Crippen MR) is 86.6 cm³/mol. The topological polar surface area (TPSA) is 64.8 Å². The van der Waals surface area contributed by atoms with Gasteiger partial charge in [0.1, 0.15) is 0 Å². The molecular formula is C15H23BrN2O3. The second-order valence-electron chi connectivity index (χ2n) is 4.93. The van der Waals surface area contributed by atoms with Crippen LogP contribution in [-0.2, 0) is 11.3 Å². The van der Waals surface area contributed by atoms with Gasteiger partial charge in [-0.3, -0.25) is 4.79 Å². The summed E-state index contributed by atoms with van der Waals surface area (Å²) in [6.07, 6.45) is 0. The zero-order valence-electron chi connectivity index (χ0n) is 13.0. The number of hydrogen-bond acceptors (Lipinski definition) is 4. The van der Waals surface area contributed by atoms with Crippen LogP contribution in [0.3, 0.4) is 0 Å². The van der Waals surface area contributed by atoms with E-state index in [0.717, 1.165) is 10.0 Å². The van der Waals surface area contributed by atoms with Gasteiger partial charge in [0.15, 0.2) is 18.1 Å². The summed E-state index contributed by atoms with van der Waals surface area (Å²) in [6.45, 7) is 6.69. The van der Waals surface area contributed by atoms with Crippen molar-refractivity contribution in [1.29, 1.82) is 0 Å². The average Bonchev–Trinajstić information content (AvgIpc) is 2.45. The average molecular weight is 359 g/mol. The number of hydrogen-bond donors (Lipinski definition) is 1. The van der Waals surface area contributed by atoms with Crippen LogP contribution in [0.2, 0.25) is 0 Å². The number of nitrogens with zero attached hydrogens (tertiary/aromatic N) is 1. The maximum atomic E-state index is 12.0. The van der Waals surface area contributed by atoms with E-state index >= 15 is 0 Å². The number of halogens is 1. The first kappa shape index (κ1) is 17.8. The number of rotatable bonds is 7. The predicted octanol–water partition coefficient (Wildman–Crippen LogP) is 2.55. The lowest BCUT2D eigenvalue weighted by atomic mass is 10.2. The molecule has 0 atom stereocenters. The number of benzene rings is 1. The number of carbonyl (C=O) groups excluding carboxylic acids is 1. The van der Waals surface area contributed by atoms with E-state index in [1.807, 2.05) is 32.9 Å². The SMILES string of the molecule is CCOc1cc(CN)cc(Br)c1OCC(=O)N(C)C(C)C. The van der Waals surface area contributed by atoms with Gasteiger partial charge >= 0.3 is 0 Å². The van der Waals surface area contributed by atoms with Crippen LogP contribution >= 0.6 is 15.9 Å². The third kappa shape index (κ3) is 4.89. The number of ether oxygens (including phenoxy) is 2. The first-order chi connectivity index (χ1) is 9.90. The van der Waals surface area contributed by atoms with Gasteiger partial charge in [-0.05, 0) is 54.4 Å². The molecule has 0 saturated heterocycles. The van der Waals surface area contributed by atoms with Gasteiger partial charge in [-0.2, -0.15) is 0 Å². The Morgan fingerprint density at radius 3 is 2.57 bits per heavy atom. The highest BCUT2D eigenvalue weighted by atomic mass is 79.9. The van der Waals surface area contributed by atoms with Crippen LogP contribution in [0.4, 0.5) is 0 Å². The first-order valence-electron chi connectivity index (χ1n) is 6.94. The summed E-state index contributed by atoms with van der Waals surface area (Å²) in [4.78, 5) is 13.6. The Labute approximate surface area is 134 Å². The zero-order chi connectivity index (χ0) is 16.0. The quantitative estimate of drug-likeness (QED) is 0.813. The molecule has 1 amide bonds. The summed E-state index contributed by atoms with van der Waals surface area (Å²) in [6, 6.07) is 3.84. The normalized spacial score (nSPS) is 10.6. The van der Waals surface area contributed by atoms with Crippen molar-refractivity contribution in [2.45, 2.75) is 33.4 Å². The fourth-order valence-electron chi connectivity index (χ4n) is 1.67. The molecule has 1 aromatic rings. The Bertz CT molecular complexity index is 492. The molecule has 21 heavy (non-hydrogen) atoms. The van der Waals surface area contributed by atoms with Gasteiger partial charge in [-0.1, -0.05) is 0 Å². The van der Waals surface area contributed by atoms with Crippen LogP contribution in [0.5, 0.6) is 11.5 Å². The highest BCUT2D eigenvalue weighted by Crippen LogP contribution is 2.36. The maximum Gasteiger partial charge on any atom is 0.260 e. The summed E-state index contributed by atoms with van der Waals surface area (Å²) < 4.78 is 11.9. The highest BCUT2D eigenvalue weighted by molar-refractivity contribution is 9.10. The monoisotopic (exact) mass is 358 g/mol. The fraction of sp³-hybridized carbons (Fsp3) is 0.533. The minimum atomic E-state index is -0.0813. The lowest BCUT2D eigenvalue weighted by Gasteiger charge is -2.22. The molecule has 0 fully saturated rings. The first-order valence-corrected chi connectivity index (χ1v) is 7.73. The number of likely N-dealkylation sites (N-methyl/N-ethyl adjacent to an activating group) is 1. The molecule has 0 unspecified atom stereocenters. The Morgan fingerprint density at radius 1 is 1.38 bits per heavy atom. The van der Waals surface area contributed by atoms with E-state index in [1.165, 1.54) is 0 Å².